The van der Waals surface area contributed by atoms with E-state index < -0.39 is 0 Å². The molecule has 0 radical (unpaired) electrons. The predicted molar refractivity (Wildman–Crippen MR) is 98.4 cm³/mol. The first kappa shape index (κ1) is 16.4. The second-order valence-electron chi connectivity index (χ2n) is 7.95. The summed E-state index contributed by atoms with van der Waals surface area (Å²) in [5.41, 5.74) is 1.43. The number of hydrogen-bond acceptors (Lipinski definition) is 3. The van der Waals surface area contributed by atoms with Crippen molar-refractivity contribution in [1.29, 1.82) is 0 Å². The molecule has 1 aliphatic carbocycles. The quantitative estimate of drug-likeness (QED) is 0.833. The molecule has 2 heterocycles. The lowest BCUT2D eigenvalue weighted by molar-refractivity contribution is -0.00380. The fourth-order valence-electron chi connectivity index (χ4n) is 5.40. The normalized spacial score (nSPS) is 29.5. The molecule has 3 heteroatoms. The summed E-state index contributed by atoms with van der Waals surface area (Å²) in [6.45, 7) is 4.95. The maximum absolute atomic E-state index is 5.31. The highest BCUT2D eigenvalue weighted by Crippen LogP contribution is 2.38. The Morgan fingerprint density at radius 1 is 0.917 bits per heavy atom. The summed E-state index contributed by atoms with van der Waals surface area (Å²) in [7, 11) is 1.74. The highest BCUT2D eigenvalue weighted by molar-refractivity contribution is 5.27. The van der Waals surface area contributed by atoms with Gasteiger partial charge in [0.05, 0.1) is 7.11 Å². The van der Waals surface area contributed by atoms with Crippen LogP contribution in [0.4, 0.5) is 0 Å². The van der Waals surface area contributed by atoms with Crippen LogP contribution < -0.4 is 4.74 Å². The smallest absolute Gasteiger partial charge is 0.118 e. The van der Waals surface area contributed by atoms with Crippen molar-refractivity contribution in [3.63, 3.8) is 0 Å². The van der Waals surface area contributed by atoms with Gasteiger partial charge in [0.2, 0.25) is 0 Å². The Balaban J connectivity index is 1.52. The maximum Gasteiger partial charge on any atom is 0.118 e. The van der Waals surface area contributed by atoms with Crippen LogP contribution >= 0.6 is 0 Å². The maximum atomic E-state index is 5.31. The van der Waals surface area contributed by atoms with E-state index in [0.717, 1.165) is 30.3 Å². The molecule has 1 aromatic rings. The van der Waals surface area contributed by atoms with Gasteiger partial charge >= 0.3 is 0 Å². The number of piperazine rings is 1. The lowest BCUT2D eigenvalue weighted by atomic mass is 9.78. The lowest BCUT2D eigenvalue weighted by Gasteiger charge is -2.49. The van der Waals surface area contributed by atoms with Crippen molar-refractivity contribution >= 4 is 0 Å². The van der Waals surface area contributed by atoms with Crippen molar-refractivity contribution in [2.45, 2.75) is 63.6 Å². The number of rotatable bonds is 4. The van der Waals surface area contributed by atoms with Crippen LogP contribution in [0.5, 0.6) is 5.75 Å². The van der Waals surface area contributed by atoms with E-state index in [-0.39, 0.29) is 0 Å². The minimum Gasteiger partial charge on any atom is -0.497 e. The first-order valence-corrected chi connectivity index (χ1v) is 9.96. The fraction of sp³-hybridized carbons (Fsp3) is 0.714. The molecule has 1 saturated carbocycles. The van der Waals surface area contributed by atoms with Crippen molar-refractivity contribution in [2.75, 3.05) is 26.7 Å². The molecule has 0 N–H and O–H groups in total. The van der Waals surface area contributed by atoms with Gasteiger partial charge in [0, 0.05) is 31.7 Å². The van der Waals surface area contributed by atoms with Crippen LogP contribution in [0.2, 0.25) is 0 Å². The third kappa shape index (κ3) is 3.34. The second-order valence-corrected chi connectivity index (χ2v) is 7.95. The van der Waals surface area contributed by atoms with E-state index in [2.05, 4.69) is 34.1 Å². The van der Waals surface area contributed by atoms with Crippen molar-refractivity contribution in [3.8, 4) is 5.75 Å². The molecule has 1 aromatic carbocycles. The molecule has 0 amide bonds. The van der Waals surface area contributed by atoms with Crippen molar-refractivity contribution < 1.29 is 4.74 Å². The van der Waals surface area contributed by atoms with Crippen LogP contribution in [0, 0.1) is 5.92 Å². The SMILES string of the molecule is COc1ccc(CN2CCN3CCCC3C2C2CCCCC2)cc1. The van der Waals surface area contributed by atoms with E-state index in [9.17, 15) is 0 Å². The summed E-state index contributed by atoms with van der Waals surface area (Å²) in [4.78, 5) is 5.62. The molecule has 2 atom stereocenters. The number of methoxy groups -OCH3 is 1. The van der Waals surface area contributed by atoms with Crippen LogP contribution in [-0.2, 0) is 6.54 Å². The van der Waals surface area contributed by atoms with E-state index in [1.54, 1.807) is 7.11 Å². The molecule has 2 saturated heterocycles. The summed E-state index contributed by atoms with van der Waals surface area (Å²) >= 11 is 0. The van der Waals surface area contributed by atoms with Crippen LogP contribution in [0.15, 0.2) is 24.3 Å². The highest BCUT2D eigenvalue weighted by atomic mass is 16.5. The summed E-state index contributed by atoms with van der Waals surface area (Å²) in [5.74, 6) is 1.88. The monoisotopic (exact) mass is 328 g/mol. The molecule has 0 bridgehead atoms. The van der Waals surface area contributed by atoms with Gasteiger partial charge < -0.3 is 4.74 Å². The van der Waals surface area contributed by atoms with Crippen LogP contribution in [0.25, 0.3) is 0 Å². The van der Waals surface area contributed by atoms with Gasteiger partial charge in [-0.25, -0.2) is 0 Å². The topological polar surface area (TPSA) is 15.7 Å². The minimum atomic E-state index is 0.781. The van der Waals surface area contributed by atoms with Gasteiger partial charge in [0.25, 0.3) is 0 Å². The number of nitrogens with zero attached hydrogens (tertiary/aromatic N) is 2. The molecular weight excluding hydrogens is 296 g/mol. The van der Waals surface area contributed by atoms with Gasteiger partial charge in [-0.3, -0.25) is 9.80 Å². The molecule has 3 aliphatic rings. The van der Waals surface area contributed by atoms with Crippen LogP contribution in [0.1, 0.15) is 50.5 Å². The van der Waals surface area contributed by atoms with E-state index in [0.29, 0.717) is 0 Å². The van der Waals surface area contributed by atoms with Gasteiger partial charge in [-0.1, -0.05) is 31.4 Å². The molecule has 2 aliphatic heterocycles. The number of benzene rings is 1. The molecule has 2 unspecified atom stereocenters. The number of fused-ring (bicyclic) bond motifs is 1. The van der Waals surface area contributed by atoms with Gasteiger partial charge in [0.1, 0.15) is 5.75 Å². The standard InChI is InChI=1S/C21H32N2O/c1-24-19-11-9-17(10-12-19)16-23-15-14-22-13-5-8-20(22)21(23)18-6-3-2-4-7-18/h9-12,18,20-21H,2-8,13-16H2,1H3. The Morgan fingerprint density at radius 3 is 2.46 bits per heavy atom. The first-order chi connectivity index (χ1) is 11.8. The van der Waals surface area contributed by atoms with E-state index in [1.807, 2.05) is 0 Å². The molecule has 3 nitrogen and oxygen atoms in total. The van der Waals surface area contributed by atoms with Gasteiger partial charge in [-0.05, 0) is 55.8 Å². The fourth-order valence-corrected chi connectivity index (χ4v) is 5.40. The Morgan fingerprint density at radius 2 is 1.71 bits per heavy atom. The number of hydrogen-bond donors (Lipinski definition) is 0. The Labute approximate surface area is 147 Å². The Bertz CT molecular complexity index is 523. The third-order valence-electron chi connectivity index (χ3n) is 6.58. The molecule has 24 heavy (non-hydrogen) atoms. The minimum absolute atomic E-state index is 0.781. The molecule has 4 rings (SSSR count). The Hall–Kier alpha value is -1.06. The zero-order valence-electron chi connectivity index (χ0n) is 15.1. The second kappa shape index (κ2) is 7.45. The molecule has 0 aromatic heterocycles. The van der Waals surface area contributed by atoms with Gasteiger partial charge in [-0.15, -0.1) is 0 Å². The lowest BCUT2D eigenvalue weighted by Crippen LogP contribution is -2.59. The summed E-state index contributed by atoms with van der Waals surface area (Å²) in [6.07, 6.45) is 10.1. The zero-order chi connectivity index (χ0) is 16.4. The van der Waals surface area contributed by atoms with Crippen LogP contribution in [-0.4, -0.2) is 48.6 Å². The summed E-state index contributed by atoms with van der Waals surface area (Å²) in [6, 6.07) is 10.3. The van der Waals surface area contributed by atoms with Gasteiger partial charge in [0.15, 0.2) is 0 Å². The predicted octanol–water partition coefficient (Wildman–Crippen LogP) is 3.92. The summed E-state index contributed by atoms with van der Waals surface area (Å²) < 4.78 is 5.31. The number of ether oxygens (including phenoxy) is 1. The average Bonchev–Trinajstić information content (AvgIpc) is 3.11. The Kier molecular flexibility index (Phi) is 5.09. The average molecular weight is 329 g/mol. The molecule has 3 fully saturated rings. The van der Waals surface area contributed by atoms with Crippen LogP contribution in [0.3, 0.4) is 0 Å². The van der Waals surface area contributed by atoms with Crippen molar-refractivity contribution in [2.24, 2.45) is 5.92 Å². The highest BCUT2D eigenvalue weighted by Gasteiger charge is 2.42. The zero-order valence-corrected chi connectivity index (χ0v) is 15.1. The molecular formula is C21H32N2O. The first-order valence-electron chi connectivity index (χ1n) is 9.96. The van der Waals surface area contributed by atoms with Gasteiger partial charge in [-0.2, -0.15) is 0 Å². The molecule has 0 spiro atoms. The van der Waals surface area contributed by atoms with Crippen molar-refractivity contribution in [1.82, 2.24) is 9.80 Å². The van der Waals surface area contributed by atoms with Crippen molar-refractivity contribution in [3.05, 3.63) is 29.8 Å². The van der Waals surface area contributed by atoms with E-state index >= 15 is 0 Å². The largest absolute Gasteiger partial charge is 0.497 e. The summed E-state index contributed by atoms with van der Waals surface area (Å²) in [5, 5.41) is 0. The van der Waals surface area contributed by atoms with E-state index in [1.165, 1.54) is 70.1 Å². The van der Waals surface area contributed by atoms with E-state index in [4.69, 9.17) is 4.74 Å². The third-order valence-corrected chi connectivity index (χ3v) is 6.58. The molecule has 132 valence electrons.